The topological polar surface area (TPSA) is 141 Å². The number of aromatic nitrogens is 2. The van der Waals surface area contributed by atoms with Crippen molar-refractivity contribution in [1.82, 2.24) is 20.2 Å². The lowest BCUT2D eigenvalue weighted by atomic mass is 10.1. The Morgan fingerprint density at radius 1 is 1.55 bits per heavy atom. The molecule has 1 aliphatic rings. The van der Waals surface area contributed by atoms with E-state index >= 15 is 0 Å². The SMILES string of the molecule is NCC(=O)N[C@@H](Cc1cnc[nH]1)C(=O)N1CCC[C@@H]1C(=O)O. The van der Waals surface area contributed by atoms with Gasteiger partial charge in [0.05, 0.1) is 12.9 Å². The van der Waals surface area contributed by atoms with Crippen molar-refractivity contribution in [2.75, 3.05) is 13.1 Å². The van der Waals surface area contributed by atoms with Crippen LogP contribution in [0.5, 0.6) is 0 Å². The molecule has 2 atom stereocenters. The standard InChI is InChI=1S/C13H19N5O4/c14-5-11(19)17-9(4-8-6-15-7-16-8)12(20)18-3-1-2-10(18)13(21)22/h6-7,9-10H,1-5,14H2,(H,15,16)(H,17,19)(H,21,22)/t9-,10+/m0/s1. The molecule has 2 rings (SSSR count). The highest BCUT2D eigenvalue weighted by Crippen LogP contribution is 2.19. The van der Waals surface area contributed by atoms with Gasteiger partial charge in [0.25, 0.3) is 0 Å². The van der Waals surface area contributed by atoms with E-state index in [2.05, 4.69) is 15.3 Å². The molecule has 5 N–H and O–H groups in total. The number of amides is 2. The maximum atomic E-state index is 12.6. The smallest absolute Gasteiger partial charge is 0.326 e. The molecular formula is C13H19N5O4. The van der Waals surface area contributed by atoms with Crippen LogP contribution in [0, 0.1) is 0 Å². The number of carbonyl (C=O) groups is 3. The first-order valence-corrected chi connectivity index (χ1v) is 7.03. The number of aromatic amines is 1. The van der Waals surface area contributed by atoms with Crippen LogP contribution in [0.3, 0.4) is 0 Å². The Bertz CT molecular complexity index is 545. The molecule has 2 heterocycles. The average Bonchev–Trinajstić information content (AvgIpc) is 3.16. The predicted octanol–water partition coefficient (Wildman–Crippen LogP) is -1.53. The number of hydrogen-bond donors (Lipinski definition) is 4. The molecule has 2 amide bonds. The molecule has 0 saturated carbocycles. The van der Waals surface area contributed by atoms with Gasteiger partial charge in [0.1, 0.15) is 12.1 Å². The Morgan fingerprint density at radius 3 is 2.91 bits per heavy atom. The van der Waals surface area contributed by atoms with Crippen molar-refractivity contribution in [3.63, 3.8) is 0 Å². The zero-order chi connectivity index (χ0) is 16.1. The monoisotopic (exact) mass is 309 g/mol. The summed E-state index contributed by atoms with van der Waals surface area (Å²) in [7, 11) is 0. The van der Waals surface area contributed by atoms with E-state index in [0.29, 0.717) is 25.1 Å². The normalized spacial score (nSPS) is 19.0. The number of rotatable bonds is 6. The van der Waals surface area contributed by atoms with Crippen molar-refractivity contribution in [1.29, 1.82) is 0 Å². The first kappa shape index (κ1) is 16.0. The summed E-state index contributed by atoms with van der Waals surface area (Å²) in [6, 6.07) is -1.71. The maximum absolute atomic E-state index is 12.6. The molecule has 0 bridgehead atoms. The average molecular weight is 309 g/mol. The minimum atomic E-state index is -1.03. The Hall–Kier alpha value is -2.42. The summed E-state index contributed by atoms with van der Waals surface area (Å²) in [4.78, 5) is 43.4. The molecule has 9 heteroatoms. The van der Waals surface area contributed by atoms with Crippen molar-refractivity contribution < 1.29 is 19.5 Å². The van der Waals surface area contributed by atoms with Gasteiger partial charge < -0.3 is 26.0 Å². The third-order valence-electron chi connectivity index (χ3n) is 3.62. The number of nitrogens with one attached hydrogen (secondary N) is 2. The molecule has 1 fully saturated rings. The molecule has 120 valence electrons. The van der Waals surface area contributed by atoms with Crippen LogP contribution in [0.25, 0.3) is 0 Å². The lowest BCUT2D eigenvalue weighted by Gasteiger charge is -2.27. The predicted molar refractivity (Wildman–Crippen MR) is 75.6 cm³/mol. The first-order chi connectivity index (χ1) is 10.5. The summed E-state index contributed by atoms with van der Waals surface area (Å²) >= 11 is 0. The van der Waals surface area contributed by atoms with Gasteiger partial charge in [-0.25, -0.2) is 9.78 Å². The fourth-order valence-electron chi connectivity index (χ4n) is 2.56. The highest BCUT2D eigenvalue weighted by molar-refractivity contribution is 5.91. The van der Waals surface area contributed by atoms with Crippen LogP contribution in [0.4, 0.5) is 0 Å². The van der Waals surface area contributed by atoms with Crippen LogP contribution in [0.15, 0.2) is 12.5 Å². The Kier molecular flexibility index (Phi) is 5.10. The van der Waals surface area contributed by atoms with Gasteiger partial charge in [-0.2, -0.15) is 0 Å². The second-order valence-corrected chi connectivity index (χ2v) is 5.13. The van der Waals surface area contributed by atoms with Crippen LogP contribution in [-0.2, 0) is 20.8 Å². The molecular weight excluding hydrogens is 290 g/mol. The summed E-state index contributed by atoms with van der Waals surface area (Å²) in [6.45, 7) is 0.128. The van der Waals surface area contributed by atoms with E-state index in [-0.39, 0.29) is 13.0 Å². The van der Waals surface area contributed by atoms with Gasteiger partial charge in [-0.1, -0.05) is 0 Å². The Labute approximate surface area is 126 Å². The molecule has 0 aromatic carbocycles. The van der Waals surface area contributed by atoms with Crippen LogP contribution < -0.4 is 11.1 Å². The van der Waals surface area contributed by atoms with Crippen LogP contribution in [-0.4, -0.2) is 62.9 Å². The number of nitrogens with two attached hydrogens (primary N) is 1. The number of imidazole rings is 1. The molecule has 9 nitrogen and oxygen atoms in total. The number of hydrogen-bond acceptors (Lipinski definition) is 5. The van der Waals surface area contributed by atoms with Gasteiger partial charge in [0.2, 0.25) is 11.8 Å². The van der Waals surface area contributed by atoms with Crippen molar-refractivity contribution in [3.05, 3.63) is 18.2 Å². The molecule has 22 heavy (non-hydrogen) atoms. The molecule has 1 aromatic heterocycles. The number of carboxylic acid groups (broad SMARTS) is 1. The van der Waals surface area contributed by atoms with Gasteiger partial charge in [-0.3, -0.25) is 9.59 Å². The van der Waals surface area contributed by atoms with Gasteiger partial charge in [-0.15, -0.1) is 0 Å². The zero-order valence-electron chi connectivity index (χ0n) is 12.0. The summed E-state index contributed by atoms with van der Waals surface area (Å²) in [6.07, 6.45) is 4.27. The van der Waals surface area contributed by atoms with E-state index in [1.165, 1.54) is 11.2 Å². The summed E-state index contributed by atoms with van der Waals surface area (Å²) in [5.74, 6) is -1.92. The quantitative estimate of drug-likeness (QED) is 0.502. The molecule has 1 aliphatic heterocycles. The molecule has 0 radical (unpaired) electrons. The summed E-state index contributed by atoms with van der Waals surface area (Å²) in [5, 5.41) is 11.7. The number of nitrogens with zero attached hydrogens (tertiary/aromatic N) is 2. The molecule has 1 aromatic rings. The number of H-pyrrole nitrogens is 1. The third-order valence-corrected chi connectivity index (χ3v) is 3.62. The van der Waals surface area contributed by atoms with Gasteiger partial charge in [0.15, 0.2) is 0 Å². The minimum Gasteiger partial charge on any atom is -0.480 e. The Balaban J connectivity index is 2.14. The molecule has 0 unspecified atom stereocenters. The van der Waals surface area contributed by atoms with Gasteiger partial charge >= 0.3 is 5.97 Å². The maximum Gasteiger partial charge on any atom is 0.326 e. The largest absolute Gasteiger partial charge is 0.480 e. The van der Waals surface area contributed by atoms with Gasteiger partial charge in [0, 0.05) is 24.9 Å². The van der Waals surface area contributed by atoms with E-state index < -0.39 is 29.9 Å². The number of aliphatic carboxylic acids is 1. The number of likely N-dealkylation sites (tertiary alicyclic amines) is 1. The highest BCUT2D eigenvalue weighted by atomic mass is 16.4. The third kappa shape index (κ3) is 3.61. The van der Waals surface area contributed by atoms with Crippen LogP contribution >= 0.6 is 0 Å². The molecule has 0 aliphatic carbocycles. The van der Waals surface area contributed by atoms with E-state index in [1.54, 1.807) is 6.20 Å². The lowest BCUT2D eigenvalue weighted by molar-refractivity contribution is -0.149. The summed E-state index contributed by atoms with van der Waals surface area (Å²) < 4.78 is 0. The van der Waals surface area contributed by atoms with Gasteiger partial charge in [-0.05, 0) is 12.8 Å². The van der Waals surface area contributed by atoms with E-state index in [4.69, 9.17) is 5.73 Å². The number of carboxylic acids is 1. The zero-order valence-corrected chi connectivity index (χ0v) is 12.0. The van der Waals surface area contributed by atoms with Crippen molar-refractivity contribution in [2.24, 2.45) is 5.73 Å². The number of carbonyl (C=O) groups excluding carboxylic acids is 2. The molecule has 1 saturated heterocycles. The van der Waals surface area contributed by atoms with Crippen molar-refractivity contribution in [2.45, 2.75) is 31.3 Å². The van der Waals surface area contributed by atoms with E-state index in [9.17, 15) is 19.5 Å². The highest BCUT2D eigenvalue weighted by Gasteiger charge is 2.37. The van der Waals surface area contributed by atoms with Crippen LogP contribution in [0.1, 0.15) is 18.5 Å². The van der Waals surface area contributed by atoms with Crippen LogP contribution in [0.2, 0.25) is 0 Å². The first-order valence-electron chi connectivity index (χ1n) is 7.03. The van der Waals surface area contributed by atoms with Crippen molar-refractivity contribution in [3.8, 4) is 0 Å². The van der Waals surface area contributed by atoms with E-state index in [0.717, 1.165) is 0 Å². The van der Waals surface area contributed by atoms with Crippen molar-refractivity contribution >= 4 is 17.8 Å². The molecule has 0 spiro atoms. The summed E-state index contributed by atoms with van der Waals surface area (Å²) in [5.41, 5.74) is 5.94. The second kappa shape index (κ2) is 7.03. The fraction of sp³-hybridized carbons (Fsp3) is 0.538. The fourth-order valence-corrected chi connectivity index (χ4v) is 2.56. The van der Waals surface area contributed by atoms with E-state index in [1.807, 2.05) is 0 Å². The Morgan fingerprint density at radius 2 is 2.32 bits per heavy atom. The second-order valence-electron chi connectivity index (χ2n) is 5.13. The lowest BCUT2D eigenvalue weighted by Crippen LogP contribution is -2.53. The minimum absolute atomic E-state index is 0.202.